The van der Waals surface area contributed by atoms with Gasteiger partial charge in [0.25, 0.3) is 0 Å². The summed E-state index contributed by atoms with van der Waals surface area (Å²) in [5, 5.41) is 2.92. The zero-order valence-corrected chi connectivity index (χ0v) is 17.4. The van der Waals surface area contributed by atoms with Gasteiger partial charge in [-0.25, -0.2) is 8.78 Å². The van der Waals surface area contributed by atoms with Crippen molar-refractivity contribution in [2.24, 2.45) is 10.9 Å². The van der Waals surface area contributed by atoms with Gasteiger partial charge in [-0.2, -0.15) is 0 Å². The molecule has 160 valence electrons. The minimum absolute atomic E-state index is 0.0103. The van der Waals surface area contributed by atoms with Gasteiger partial charge in [0.15, 0.2) is 0 Å². The molecule has 0 spiro atoms. The zero-order chi connectivity index (χ0) is 21.7. The maximum Gasteiger partial charge on any atom is 0.243 e. The predicted octanol–water partition coefficient (Wildman–Crippen LogP) is 5.12. The summed E-state index contributed by atoms with van der Waals surface area (Å²) in [6.45, 7) is 1.43. The molecule has 2 aromatic carbocycles. The number of rotatable bonds is 9. The van der Waals surface area contributed by atoms with E-state index in [9.17, 15) is 13.6 Å². The van der Waals surface area contributed by atoms with Crippen LogP contribution in [0.5, 0.6) is 0 Å². The third-order valence-corrected chi connectivity index (χ3v) is 6.11. The minimum Gasteiger partial charge on any atom is -0.353 e. The van der Waals surface area contributed by atoms with Crippen molar-refractivity contribution in [2.75, 3.05) is 13.1 Å². The van der Waals surface area contributed by atoms with Gasteiger partial charge in [-0.15, -0.1) is 0 Å². The molecular formula is C26H26F2N2O. The maximum absolute atomic E-state index is 13.9. The van der Waals surface area contributed by atoms with Gasteiger partial charge in [0.2, 0.25) is 5.91 Å². The highest BCUT2D eigenvalue weighted by Gasteiger charge is 2.55. The monoisotopic (exact) mass is 420 g/mol. The topological polar surface area (TPSA) is 41.5 Å². The average molecular weight is 421 g/mol. The van der Waals surface area contributed by atoms with E-state index in [-0.39, 0.29) is 23.5 Å². The summed E-state index contributed by atoms with van der Waals surface area (Å²) in [5.74, 6) is -0.764. The van der Waals surface area contributed by atoms with E-state index in [1.54, 1.807) is 18.2 Å². The lowest BCUT2D eigenvalue weighted by Gasteiger charge is -2.18. The molecule has 2 aromatic rings. The van der Waals surface area contributed by atoms with Crippen molar-refractivity contribution < 1.29 is 13.6 Å². The molecule has 0 unspecified atom stereocenters. The first-order valence-corrected chi connectivity index (χ1v) is 10.7. The van der Waals surface area contributed by atoms with Crippen LogP contribution in [0.2, 0.25) is 0 Å². The molecule has 1 fully saturated rings. The Balaban J connectivity index is 1.36. The lowest BCUT2D eigenvalue weighted by Crippen LogP contribution is -2.22. The number of benzene rings is 2. The quantitative estimate of drug-likeness (QED) is 0.444. The molecule has 4 rings (SSSR count). The number of nitrogens with one attached hydrogen (secondary N) is 1. The molecule has 2 aliphatic rings. The Hall–Kier alpha value is -3.08. The first-order chi connectivity index (χ1) is 15.1. The first kappa shape index (κ1) is 21.2. The Kier molecular flexibility index (Phi) is 6.40. The van der Waals surface area contributed by atoms with Gasteiger partial charge in [-0.1, -0.05) is 30.3 Å². The highest BCUT2D eigenvalue weighted by molar-refractivity contribution is 5.87. The van der Waals surface area contributed by atoms with Crippen LogP contribution in [0.1, 0.15) is 36.8 Å². The third kappa shape index (κ3) is 4.98. The van der Waals surface area contributed by atoms with Crippen molar-refractivity contribution in [2.45, 2.75) is 31.1 Å². The number of hydrogen-bond acceptors (Lipinski definition) is 2. The van der Waals surface area contributed by atoms with Gasteiger partial charge in [-0.05, 0) is 84.7 Å². The highest BCUT2D eigenvalue weighted by atomic mass is 19.1. The molecule has 0 radical (unpaired) electrons. The molecule has 1 heterocycles. The standard InChI is InChI=1S/C26H26F2N2O/c27-23-8-3-6-20(15-23)26(21-7-4-9-24(28)16-21)17-22(26)10-11-25(31)30-13-2-1-5-19-12-14-29-18-19/h3-4,6-12,14-16,22H,1-2,5,13,17-18H2,(H,30,31)/b11-10+/t22-/m1/s1. The molecule has 0 saturated heterocycles. The van der Waals surface area contributed by atoms with Crippen LogP contribution in [0.15, 0.2) is 77.3 Å². The number of unbranched alkanes of at least 4 members (excludes halogenated alkanes) is 1. The SMILES string of the molecule is O=C(/C=C/[C@@H]1CC1(c1cccc(F)c1)c1cccc(F)c1)NCCCCC1=CC=NC1. The lowest BCUT2D eigenvalue weighted by atomic mass is 9.85. The molecule has 1 atom stereocenters. The van der Waals surface area contributed by atoms with Gasteiger partial charge in [0, 0.05) is 18.2 Å². The number of amides is 1. The molecule has 1 saturated carbocycles. The van der Waals surface area contributed by atoms with Crippen molar-refractivity contribution in [1.29, 1.82) is 0 Å². The number of aliphatic imine (C=N–C) groups is 1. The summed E-state index contributed by atoms with van der Waals surface area (Å²) >= 11 is 0. The van der Waals surface area contributed by atoms with E-state index < -0.39 is 5.41 Å². The molecule has 0 bridgehead atoms. The number of allylic oxidation sites excluding steroid dienone is 2. The smallest absolute Gasteiger partial charge is 0.243 e. The second-order valence-electron chi connectivity index (χ2n) is 8.22. The Morgan fingerprint density at radius 1 is 1.10 bits per heavy atom. The first-order valence-electron chi connectivity index (χ1n) is 10.7. The number of hydrogen-bond donors (Lipinski definition) is 1. The summed E-state index contributed by atoms with van der Waals surface area (Å²) in [7, 11) is 0. The Bertz CT molecular complexity index is 996. The van der Waals surface area contributed by atoms with Gasteiger partial charge in [-0.3, -0.25) is 9.79 Å². The van der Waals surface area contributed by atoms with Crippen LogP contribution in [0.4, 0.5) is 8.78 Å². The summed E-state index contributed by atoms with van der Waals surface area (Å²) in [6.07, 6.45) is 11.0. The third-order valence-electron chi connectivity index (χ3n) is 6.11. The molecule has 0 aromatic heterocycles. The van der Waals surface area contributed by atoms with E-state index >= 15 is 0 Å². The molecule has 1 N–H and O–H groups in total. The fraction of sp³-hybridized carbons (Fsp3) is 0.308. The Morgan fingerprint density at radius 3 is 2.42 bits per heavy atom. The maximum atomic E-state index is 13.9. The molecule has 5 heteroatoms. The summed E-state index contributed by atoms with van der Waals surface area (Å²) in [6, 6.07) is 12.9. The van der Waals surface area contributed by atoms with Gasteiger partial charge in [0.1, 0.15) is 11.6 Å². The molecule has 1 aliphatic heterocycles. The minimum atomic E-state index is -0.502. The average Bonchev–Trinajstić information content (AvgIpc) is 3.27. The molecule has 1 aliphatic carbocycles. The van der Waals surface area contributed by atoms with Crippen molar-refractivity contribution >= 4 is 12.1 Å². The van der Waals surface area contributed by atoms with Crippen LogP contribution in [0.3, 0.4) is 0 Å². The predicted molar refractivity (Wildman–Crippen MR) is 119 cm³/mol. The van der Waals surface area contributed by atoms with Crippen LogP contribution >= 0.6 is 0 Å². The lowest BCUT2D eigenvalue weighted by molar-refractivity contribution is -0.116. The van der Waals surface area contributed by atoms with E-state index in [2.05, 4.69) is 16.4 Å². The zero-order valence-electron chi connectivity index (χ0n) is 17.4. The molecule has 1 amide bonds. The van der Waals surface area contributed by atoms with Crippen molar-refractivity contribution in [1.82, 2.24) is 5.32 Å². The van der Waals surface area contributed by atoms with Crippen molar-refractivity contribution in [3.63, 3.8) is 0 Å². The van der Waals surface area contributed by atoms with E-state index in [0.717, 1.165) is 36.9 Å². The Morgan fingerprint density at radius 2 is 1.81 bits per heavy atom. The Labute approximate surface area is 181 Å². The van der Waals surface area contributed by atoms with Crippen LogP contribution in [-0.4, -0.2) is 25.2 Å². The van der Waals surface area contributed by atoms with Crippen LogP contribution in [0, 0.1) is 17.6 Å². The number of nitrogens with zero attached hydrogens (tertiary/aromatic N) is 1. The van der Waals surface area contributed by atoms with Crippen LogP contribution < -0.4 is 5.32 Å². The van der Waals surface area contributed by atoms with E-state index in [1.807, 2.05) is 24.4 Å². The summed E-state index contributed by atoms with van der Waals surface area (Å²) in [5.41, 5.74) is 2.45. The fourth-order valence-electron chi connectivity index (χ4n) is 4.38. The van der Waals surface area contributed by atoms with Crippen LogP contribution in [-0.2, 0) is 10.2 Å². The summed E-state index contributed by atoms with van der Waals surface area (Å²) in [4.78, 5) is 16.4. The van der Waals surface area contributed by atoms with E-state index in [1.165, 1.54) is 29.8 Å². The fourth-order valence-corrected chi connectivity index (χ4v) is 4.38. The van der Waals surface area contributed by atoms with Gasteiger partial charge < -0.3 is 5.32 Å². The second kappa shape index (κ2) is 9.38. The number of carbonyl (C=O) groups is 1. The van der Waals surface area contributed by atoms with E-state index in [4.69, 9.17) is 0 Å². The van der Waals surface area contributed by atoms with Crippen molar-refractivity contribution in [3.05, 3.63) is 95.1 Å². The number of halogens is 2. The molecule has 31 heavy (non-hydrogen) atoms. The van der Waals surface area contributed by atoms with Crippen LogP contribution in [0.25, 0.3) is 0 Å². The van der Waals surface area contributed by atoms with Gasteiger partial charge >= 0.3 is 0 Å². The molecular weight excluding hydrogens is 394 g/mol. The second-order valence-corrected chi connectivity index (χ2v) is 8.22. The summed E-state index contributed by atoms with van der Waals surface area (Å²) < 4.78 is 27.8. The van der Waals surface area contributed by atoms with Crippen molar-refractivity contribution in [3.8, 4) is 0 Å². The molecule has 3 nitrogen and oxygen atoms in total. The van der Waals surface area contributed by atoms with E-state index in [0.29, 0.717) is 13.0 Å². The largest absolute Gasteiger partial charge is 0.353 e. The highest BCUT2D eigenvalue weighted by Crippen LogP contribution is 2.59. The number of carbonyl (C=O) groups excluding carboxylic acids is 1. The normalized spacial score (nSPS) is 18.9. The van der Waals surface area contributed by atoms with Gasteiger partial charge in [0.05, 0.1) is 6.54 Å².